The van der Waals surface area contributed by atoms with Crippen LogP contribution in [0.1, 0.15) is 23.7 Å². The minimum absolute atomic E-state index is 0.157. The molecule has 15 heavy (non-hydrogen) atoms. The van der Waals surface area contributed by atoms with E-state index in [0.717, 1.165) is 0 Å². The van der Waals surface area contributed by atoms with Crippen molar-refractivity contribution >= 4 is 23.7 Å². The highest BCUT2D eigenvalue weighted by Gasteiger charge is 2.07. The van der Waals surface area contributed by atoms with Crippen LogP contribution in [-0.4, -0.2) is 22.8 Å². The number of carbonyl (C=O) groups is 1. The van der Waals surface area contributed by atoms with Crippen molar-refractivity contribution in [3.63, 3.8) is 0 Å². The van der Waals surface area contributed by atoms with Crippen LogP contribution in [0.15, 0.2) is 6.33 Å². The molecule has 0 aliphatic carbocycles. The number of halogens is 1. The predicted molar refractivity (Wildman–Crippen MR) is 59.0 cm³/mol. The van der Waals surface area contributed by atoms with Crippen molar-refractivity contribution in [1.82, 2.24) is 9.97 Å². The molecule has 0 saturated carbocycles. The molecule has 0 atom stereocenters. The Kier molecular flexibility index (Phi) is 4.58. The zero-order chi connectivity index (χ0) is 11.1. The smallest absolute Gasteiger partial charge is 0.156 e. The molecule has 0 fully saturated rings. The Hall–Kier alpha value is -1.60. The van der Waals surface area contributed by atoms with Crippen molar-refractivity contribution in [2.45, 2.75) is 13.3 Å². The van der Waals surface area contributed by atoms with Gasteiger partial charge in [0.1, 0.15) is 17.3 Å². The third kappa shape index (κ3) is 3.22. The SMILES string of the molecule is CC#CCCNc1ncnc(Cl)c1C=O. The summed E-state index contributed by atoms with van der Waals surface area (Å²) >= 11 is 5.72. The van der Waals surface area contributed by atoms with Crippen molar-refractivity contribution in [2.75, 3.05) is 11.9 Å². The van der Waals surface area contributed by atoms with Crippen LogP contribution >= 0.6 is 11.6 Å². The lowest BCUT2D eigenvalue weighted by atomic mass is 10.3. The summed E-state index contributed by atoms with van der Waals surface area (Å²) in [6.45, 7) is 2.40. The summed E-state index contributed by atoms with van der Waals surface area (Å²) in [5.74, 6) is 6.12. The molecule has 0 spiro atoms. The average molecular weight is 224 g/mol. The molecule has 0 saturated heterocycles. The maximum absolute atomic E-state index is 10.7. The summed E-state index contributed by atoms with van der Waals surface area (Å²) in [6.07, 6.45) is 2.63. The van der Waals surface area contributed by atoms with Gasteiger partial charge in [-0.2, -0.15) is 0 Å². The van der Waals surface area contributed by atoms with Crippen LogP contribution in [-0.2, 0) is 0 Å². The molecule has 0 radical (unpaired) electrons. The lowest BCUT2D eigenvalue weighted by molar-refractivity contribution is 0.112. The van der Waals surface area contributed by atoms with Gasteiger partial charge in [-0.3, -0.25) is 4.79 Å². The molecule has 1 aromatic rings. The summed E-state index contributed by atoms with van der Waals surface area (Å²) in [4.78, 5) is 18.3. The maximum atomic E-state index is 10.7. The fraction of sp³-hybridized carbons (Fsp3) is 0.300. The Balaban J connectivity index is 2.70. The molecule has 0 amide bonds. The summed E-state index contributed by atoms with van der Waals surface area (Å²) in [7, 11) is 0. The molecule has 0 aromatic carbocycles. The van der Waals surface area contributed by atoms with Crippen LogP contribution in [0.25, 0.3) is 0 Å². The number of hydrogen-bond donors (Lipinski definition) is 1. The number of hydrogen-bond acceptors (Lipinski definition) is 4. The van der Waals surface area contributed by atoms with Gasteiger partial charge >= 0.3 is 0 Å². The number of rotatable bonds is 4. The molecular weight excluding hydrogens is 214 g/mol. The number of anilines is 1. The molecule has 0 unspecified atom stereocenters. The highest BCUT2D eigenvalue weighted by atomic mass is 35.5. The van der Waals surface area contributed by atoms with Crippen molar-refractivity contribution in [2.24, 2.45) is 0 Å². The van der Waals surface area contributed by atoms with E-state index >= 15 is 0 Å². The summed E-state index contributed by atoms with van der Waals surface area (Å²) < 4.78 is 0. The second kappa shape index (κ2) is 5.99. The standard InChI is InChI=1S/C10H10ClN3O/c1-2-3-4-5-12-10-8(6-15)9(11)13-7-14-10/h6-7H,4-5H2,1H3,(H,12,13,14). The van der Waals surface area contributed by atoms with Crippen molar-refractivity contribution in [3.05, 3.63) is 17.0 Å². The van der Waals surface area contributed by atoms with E-state index in [9.17, 15) is 4.79 Å². The minimum Gasteiger partial charge on any atom is -0.368 e. The summed E-state index contributed by atoms with van der Waals surface area (Å²) in [6, 6.07) is 0. The first-order valence-electron chi connectivity index (χ1n) is 4.38. The zero-order valence-corrected chi connectivity index (χ0v) is 9.01. The Bertz CT molecular complexity index is 409. The van der Waals surface area contributed by atoms with Crippen LogP contribution in [0.5, 0.6) is 0 Å². The molecule has 78 valence electrons. The van der Waals surface area contributed by atoms with Gasteiger partial charge in [0.05, 0.1) is 5.56 Å². The van der Waals surface area contributed by atoms with Crippen LogP contribution in [0.3, 0.4) is 0 Å². The Morgan fingerprint density at radius 1 is 1.60 bits per heavy atom. The van der Waals surface area contributed by atoms with E-state index in [-0.39, 0.29) is 10.7 Å². The maximum Gasteiger partial charge on any atom is 0.156 e. The molecule has 1 N–H and O–H groups in total. The topological polar surface area (TPSA) is 54.9 Å². The number of nitrogens with zero attached hydrogens (tertiary/aromatic N) is 2. The van der Waals surface area contributed by atoms with Crippen molar-refractivity contribution < 1.29 is 4.79 Å². The fourth-order valence-corrected chi connectivity index (χ4v) is 1.17. The van der Waals surface area contributed by atoms with Gasteiger partial charge < -0.3 is 5.32 Å². The third-order valence-corrected chi connectivity index (χ3v) is 1.97. The van der Waals surface area contributed by atoms with Gasteiger partial charge in [-0.1, -0.05) is 11.6 Å². The molecule has 1 rings (SSSR count). The van der Waals surface area contributed by atoms with Gasteiger partial charge in [0.25, 0.3) is 0 Å². The highest BCUT2D eigenvalue weighted by molar-refractivity contribution is 6.32. The van der Waals surface area contributed by atoms with E-state index in [1.165, 1.54) is 6.33 Å². The van der Waals surface area contributed by atoms with E-state index < -0.39 is 0 Å². The minimum atomic E-state index is 0.157. The Labute approximate surface area is 93.1 Å². The second-order valence-electron chi connectivity index (χ2n) is 2.65. The molecule has 1 aromatic heterocycles. The Morgan fingerprint density at radius 3 is 3.07 bits per heavy atom. The monoisotopic (exact) mass is 223 g/mol. The Morgan fingerprint density at radius 2 is 2.40 bits per heavy atom. The molecule has 1 heterocycles. The molecule has 0 bridgehead atoms. The predicted octanol–water partition coefficient (Wildman–Crippen LogP) is 1.77. The van der Waals surface area contributed by atoms with E-state index in [1.807, 2.05) is 0 Å². The molecule has 4 nitrogen and oxygen atoms in total. The first-order chi connectivity index (χ1) is 7.29. The largest absolute Gasteiger partial charge is 0.368 e. The van der Waals surface area contributed by atoms with Crippen LogP contribution in [0.4, 0.5) is 5.82 Å². The number of aldehydes is 1. The zero-order valence-electron chi connectivity index (χ0n) is 8.25. The molecule has 0 aliphatic rings. The van der Waals surface area contributed by atoms with Crippen molar-refractivity contribution in [1.29, 1.82) is 0 Å². The van der Waals surface area contributed by atoms with Gasteiger partial charge in [0.15, 0.2) is 6.29 Å². The van der Waals surface area contributed by atoms with Crippen molar-refractivity contribution in [3.8, 4) is 11.8 Å². The van der Waals surface area contributed by atoms with E-state index in [2.05, 4.69) is 27.1 Å². The average Bonchev–Trinajstić information content (AvgIpc) is 2.24. The van der Waals surface area contributed by atoms with Crippen LogP contribution in [0, 0.1) is 11.8 Å². The van der Waals surface area contributed by atoms with E-state index in [0.29, 0.717) is 25.1 Å². The van der Waals surface area contributed by atoms with E-state index in [4.69, 9.17) is 11.6 Å². The third-order valence-electron chi connectivity index (χ3n) is 1.67. The molecular formula is C10H10ClN3O. The van der Waals surface area contributed by atoms with Gasteiger partial charge in [-0.25, -0.2) is 9.97 Å². The first-order valence-corrected chi connectivity index (χ1v) is 4.76. The fourth-order valence-electron chi connectivity index (χ4n) is 0.988. The number of carbonyl (C=O) groups excluding carboxylic acids is 1. The number of nitrogens with one attached hydrogen (secondary N) is 1. The normalized spacial score (nSPS) is 8.93. The van der Waals surface area contributed by atoms with Gasteiger partial charge in [0, 0.05) is 13.0 Å². The van der Waals surface area contributed by atoms with Gasteiger partial charge in [0.2, 0.25) is 0 Å². The van der Waals surface area contributed by atoms with E-state index in [1.54, 1.807) is 6.92 Å². The second-order valence-corrected chi connectivity index (χ2v) is 3.01. The molecule has 5 heteroatoms. The quantitative estimate of drug-likeness (QED) is 0.366. The molecule has 0 aliphatic heterocycles. The highest BCUT2D eigenvalue weighted by Crippen LogP contribution is 2.16. The number of aromatic nitrogens is 2. The lowest BCUT2D eigenvalue weighted by Gasteiger charge is -2.05. The van der Waals surface area contributed by atoms with Crippen LogP contribution < -0.4 is 5.32 Å². The summed E-state index contributed by atoms with van der Waals surface area (Å²) in [5, 5.41) is 3.13. The summed E-state index contributed by atoms with van der Waals surface area (Å²) in [5.41, 5.74) is 0.281. The van der Waals surface area contributed by atoms with Gasteiger partial charge in [-0.05, 0) is 6.92 Å². The van der Waals surface area contributed by atoms with Crippen LogP contribution in [0.2, 0.25) is 5.15 Å². The van der Waals surface area contributed by atoms with Gasteiger partial charge in [-0.15, -0.1) is 11.8 Å². The first kappa shape index (κ1) is 11.5. The lowest BCUT2D eigenvalue weighted by Crippen LogP contribution is -2.06.